The zero-order valence-electron chi connectivity index (χ0n) is 18.6. The molecule has 0 aliphatic carbocycles. The standard InChI is InChI=1S/C25H36O5S/c1-2-3-4-5-6-7-8-9-10-11-12-14-21-15-13-16-22(19-21)30-25-18-17-23(20-24(25)26)31(27,28)29/h13,15-20,26H,2-12,14H2,1H3,(H,27,28,29). The van der Waals surface area contributed by atoms with E-state index >= 15 is 0 Å². The molecular weight excluding hydrogens is 412 g/mol. The third kappa shape index (κ3) is 9.74. The topological polar surface area (TPSA) is 83.8 Å². The van der Waals surface area contributed by atoms with E-state index in [9.17, 15) is 13.5 Å². The lowest BCUT2D eigenvalue weighted by atomic mass is 10.0. The highest BCUT2D eigenvalue weighted by molar-refractivity contribution is 7.85. The van der Waals surface area contributed by atoms with Crippen LogP contribution in [0.25, 0.3) is 0 Å². The Kier molecular flexibility index (Phi) is 10.9. The molecule has 0 unspecified atom stereocenters. The average Bonchev–Trinajstić information content (AvgIpc) is 2.73. The van der Waals surface area contributed by atoms with Gasteiger partial charge in [-0.15, -0.1) is 0 Å². The van der Waals surface area contributed by atoms with Gasteiger partial charge in [0.2, 0.25) is 0 Å². The maximum atomic E-state index is 11.2. The van der Waals surface area contributed by atoms with Crippen LogP contribution in [0.4, 0.5) is 0 Å². The molecule has 0 amide bonds. The van der Waals surface area contributed by atoms with Crippen molar-refractivity contribution < 1.29 is 22.8 Å². The molecule has 5 nitrogen and oxygen atoms in total. The number of aryl methyl sites for hydroxylation is 1. The molecule has 0 spiro atoms. The van der Waals surface area contributed by atoms with Crippen molar-refractivity contribution in [2.45, 2.75) is 88.9 Å². The summed E-state index contributed by atoms with van der Waals surface area (Å²) in [4.78, 5) is -0.373. The minimum absolute atomic E-state index is 0.138. The lowest BCUT2D eigenvalue weighted by molar-refractivity contribution is 0.408. The lowest BCUT2D eigenvalue weighted by Gasteiger charge is -2.10. The van der Waals surface area contributed by atoms with Crippen LogP contribution in [0.15, 0.2) is 47.4 Å². The van der Waals surface area contributed by atoms with Crippen molar-refractivity contribution in [3.63, 3.8) is 0 Å². The fourth-order valence-electron chi connectivity index (χ4n) is 3.63. The number of hydrogen-bond acceptors (Lipinski definition) is 4. The Hall–Kier alpha value is -2.05. The second kappa shape index (κ2) is 13.4. The Labute approximate surface area is 187 Å². The van der Waals surface area contributed by atoms with Crippen molar-refractivity contribution in [3.8, 4) is 17.2 Å². The smallest absolute Gasteiger partial charge is 0.294 e. The number of aromatic hydroxyl groups is 1. The van der Waals surface area contributed by atoms with E-state index < -0.39 is 10.1 Å². The molecule has 31 heavy (non-hydrogen) atoms. The Morgan fingerprint density at radius 1 is 0.806 bits per heavy atom. The summed E-state index contributed by atoms with van der Waals surface area (Å²) in [6.45, 7) is 2.25. The molecule has 2 rings (SSSR count). The molecule has 0 aliphatic rings. The van der Waals surface area contributed by atoms with Gasteiger partial charge in [0.25, 0.3) is 10.1 Å². The SMILES string of the molecule is CCCCCCCCCCCCCc1cccc(Oc2ccc(S(=O)(=O)O)cc2O)c1. The summed E-state index contributed by atoms with van der Waals surface area (Å²) < 4.78 is 37.1. The van der Waals surface area contributed by atoms with Crippen LogP contribution < -0.4 is 4.74 Å². The lowest BCUT2D eigenvalue weighted by Crippen LogP contribution is -1.98. The van der Waals surface area contributed by atoms with Gasteiger partial charge < -0.3 is 9.84 Å². The van der Waals surface area contributed by atoms with Crippen LogP contribution in [-0.4, -0.2) is 18.1 Å². The summed E-state index contributed by atoms with van der Waals surface area (Å²) in [5.41, 5.74) is 1.17. The van der Waals surface area contributed by atoms with Crippen LogP contribution in [0.1, 0.15) is 83.1 Å². The molecular formula is C25H36O5S. The third-order valence-electron chi connectivity index (χ3n) is 5.42. The van der Waals surface area contributed by atoms with Gasteiger partial charge in [0.05, 0.1) is 4.90 Å². The van der Waals surface area contributed by atoms with E-state index in [1.54, 1.807) is 6.07 Å². The summed E-state index contributed by atoms with van der Waals surface area (Å²) in [7, 11) is -4.36. The highest BCUT2D eigenvalue weighted by Crippen LogP contribution is 2.33. The van der Waals surface area contributed by atoms with Crippen molar-refractivity contribution in [2.75, 3.05) is 0 Å². The van der Waals surface area contributed by atoms with Crippen molar-refractivity contribution in [1.29, 1.82) is 0 Å². The highest BCUT2D eigenvalue weighted by Gasteiger charge is 2.13. The van der Waals surface area contributed by atoms with E-state index in [4.69, 9.17) is 9.29 Å². The molecule has 2 aromatic rings. The van der Waals surface area contributed by atoms with Crippen LogP contribution in [0.3, 0.4) is 0 Å². The van der Waals surface area contributed by atoms with Gasteiger partial charge in [0.15, 0.2) is 11.5 Å². The molecule has 0 fully saturated rings. The van der Waals surface area contributed by atoms with E-state index in [-0.39, 0.29) is 16.4 Å². The number of benzene rings is 2. The Morgan fingerprint density at radius 3 is 2.00 bits per heavy atom. The number of phenols is 1. The predicted molar refractivity (Wildman–Crippen MR) is 125 cm³/mol. The van der Waals surface area contributed by atoms with Gasteiger partial charge in [-0.3, -0.25) is 4.55 Å². The van der Waals surface area contributed by atoms with Crippen LogP contribution in [0.5, 0.6) is 17.2 Å². The summed E-state index contributed by atoms with van der Waals surface area (Å²) >= 11 is 0. The van der Waals surface area contributed by atoms with E-state index in [0.29, 0.717) is 5.75 Å². The second-order valence-corrected chi connectivity index (χ2v) is 9.56. The Morgan fingerprint density at radius 2 is 1.42 bits per heavy atom. The van der Waals surface area contributed by atoms with E-state index in [0.717, 1.165) is 18.9 Å². The summed E-state index contributed by atoms with van der Waals surface area (Å²) in [6, 6.07) is 11.2. The monoisotopic (exact) mass is 448 g/mol. The first-order valence-corrected chi connectivity index (χ1v) is 12.9. The van der Waals surface area contributed by atoms with Gasteiger partial charge in [-0.05, 0) is 42.7 Å². The van der Waals surface area contributed by atoms with Crippen LogP contribution in [0, 0.1) is 0 Å². The van der Waals surface area contributed by atoms with Gasteiger partial charge in [-0.1, -0.05) is 83.3 Å². The molecule has 0 radical (unpaired) electrons. The van der Waals surface area contributed by atoms with Gasteiger partial charge in [0, 0.05) is 6.07 Å². The molecule has 0 aliphatic heterocycles. The van der Waals surface area contributed by atoms with Crippen LogP contribution >= 0.6 is 0 Å². The first-order valence-electron chi connectivity index (χ1n) is 11.5. The zero-order chi connectivity index (χ0) is 22.5. The highest BCUT2D eigenvalue weighted by atomic mass is 32.2. The maximum Gasteiger partial charge on any atom is 0.294 e. The number of unbranched alkanes of at least 4 members (excludes halogenated alkanes) is 10. The normalized spacial score (nSPS) is 11.5. The minimum atomic E-state index is -4.36. The fourth-order valence-corrected chi connectivity index (χ4v) is 4.13. The third-order valence-corrected chi connectivity index (χ3v) is 6.27. The van der Waals surface area contributed by atoms with Gasteiger partial charge in [-0.2, -0.15) is 8.42 Å². The molecule has 0 heterocycles. The first-order chi connectivity index (χ1) is 14.9. The Bertz CT molecular complexity index is 893. The number of phenolic OH excluding ortho intramolecular Hbond substituents is 1. The summed E-state index contributed by atoms with van der Waals surface area (Å²) in [5, 5.41) is 10.0. The quantitative estimate of drug-likeness (QED) is 0.221. The molecule has 0 bridgehead atoms. The summed E-state index contributed by atoms with van der Waals surface area (Å²) in [6.07, 6.45) is 15.4. The molecule has 0 saturated heterocycles. The zero-order valence-corrected chi connectivity index (χ0v) is 19.4. The van der Waals surface area contributed by atoms with Crippen LogP contribution in [0.2, 0.25) is 0 Å². The van der Waals surface area contributed by atoms with Gasteiger partial charge in [-0.25, -0.2) is 0 Å². The number of hydrogen-bond donors (Lipinski definition) is 2. The first kappa shape index (κ1) is 25.2. The van der Waals surface area contributed by atoms with Gasteiger partial charge >= 0.3 is 0 Å². The number of rotatable bonds is 15. The Balaban J connectivity index is 1.70. The largest absolute Gasteiger partial charge is 0.504 e. The van der Waals surface area contributed by atoms with E-state index in [1.807, 2.05) is 12.1 Å². The van der Waals surface area contributed by atoms with Crippen molar-refractivity contribution in [1.82, 2.24) is 0 Å². The second-order valence-electron chi connectivity index (χ2n) is 8.14. The average molecular weight is 449 g/mol. The van der Waals surface area contributed by atoms with Crippen molar-refractivity contribution in [3.05, 3.63) is 48.0 Å². The van der Waals surface area contributed by atoms with Crippen LogP contribution in [-0.2, 0) is 16.5 Å². The van der Waals surface area contributed by atoms with Crippen molar-refractivity contribution in [2.24, 2.45) is 0 Å². The molecule has 6 heteroatoms. The predicted octanol–water partition coefficient (Wildman–Crippen LogP) is 7.28. The molecule has 0 saturated carbocycles. The van der Waals surface area contributed by atoms with E-state index in [1.165, 1.54) is 81.9 Å². The number of ether oxygens (including phenoxy) is 1. The van der Waals surface area contributed by atoms with E-state index in [2.05, 4.69) is 13.0 Å². The fraction of sp³-hybridized carbons (Fsp3) is 0.520. The molecule has 0 aromatic heterocycles. The van der Waals surface area contributed by atoms with Gasteiger partial charge in [0.1, 0.15) is 5.75 Å². The van der Waals surface area contributed by atoms with Crippen molar-refractivity contribution >= 4 is 10.1 Å². The minimum Gasteiger partial charge on any atom is -0.504 e. The molecule has 0 atom stereocenters. The summed E-state index contributed by atoms with van der Waals surface area (Å²) in [5.74, 6) is 0.376. The molecule has 172 valence electrons. The molecule has 2 aromatic carbocycles. The molecule has 2 N–H and O–H groups in total. The maximum absolute atomic E-state index is 11.2.